The first-order valence-corrected chi connectivity index (χ1v) is 10.3. The molecule has 3 amide bonds. The molecule has 2 aromatic rings. The van der Waals surface area contributed by atoms with E-state index in [-0.39, 0.29) is 30.1 Å². The van der Waals surface area contributed by atoms with Gasteiger partial charge in [0, 0.05) is 29.9 Å². The molecule has 1 atom stereocenters. The summed E-state index contributed by atoms with van der Waals surface area (Å²) in [5, 5.41) is 11.2. The molecule has 2 heterocycles. The predicted octanol–water partition coefficient (Wildman–Crippen LogP) is 2.16. The van der Waals surface area contributed by atoms with E-state index in [0.29, 0.717) is 41.8 Å². The average molecular weight is 421 g/mol. The van der Waals surface area contributed by atoms with Crippen LogP contribution in [-0.4, -0.2) is 35.8 Å². The number of carbonyl (C=O) groups excluding carboxylic acids is 3. The van der Waals surface area contributed by atoms with Crippen LogP contribution in [-0.2, 0) is 27.2 Å². The monoisotopic (exact) mass is 420 g/mol. The molecule has 0 bridgehead atoms. The minimum atomic E-state index is -0.249. The molecule has 28 heavy (non-hydrogen) atoms. The zero-order valence-corrected chi connectivity index (χ0v) is 16.7. The van der Waals surface area contributed by atoms with Crippen molar-refractivity contribution >= 4 is 45.8 Å². The van der Waals surface area contributed by atoms with Crippen LogP contribution in [0.2, 0.25) is 5.02 Å². The van der Waals surface area contributed by atoms with Crippen molar-refractivity contribution in [1.82, 2.24) is 15.6 Å². The van der Waals surface area contributed by atoms with E-state index in [4.69, 9.17) is 11.6 Å². The number of thiazole rings is 1. The summed E-state index contributed by atoms with van der Waals surface area (Å²) in [6, 6.07) is 7.51. The summed E-state index contributed by atoms with van der Waals surface area (Å²) in [6.07, 6.45) is 1.77. The van der Waals surface area contributed by atoms with Gasteiger partial charge in [-0.2, -0.15) is 0 Å². The van der Waals surface area contributed by atoms with Crippen molar-refractivity contribution < 1.29 is 14.4 Å². The first-order valence-electron chi connectivity index (χ1n) is 9.02. The average Bonchev–Trinajstić information content (AvgIpc) is 3.10. The van der Waals surface area contributed by atoms with E-state index in [9.17, 15) is 14.4 Å². The second-order valence-electron chi connectivity index (χ2n) is 6.58. The Morgan fingerprint density at radius 3 is 2.79 bits per heavy atom. The SMILES string of the molecule is O=C1CCC(C(=O)Nc2nc(CC(=O)NCCc3ccc(Cl)cc3)cs2)CN1. The summed E-state index contributed by atoms with van der Waals surface area (Å²) in [4.78, 5) is 39.8. The number of nitrogens with one attached hydrogen (secondary N) is 3. The molecular formula is C19H21ClN4O3S. The Morgan fingerprint density at radius 2 is 2.07 bits per heavy atom. The molecule has 148 valence electrons. The summed E-state index contributed by atoms with van der Waals surface area (Å²) in [5.41, 5.74) is 1.71. The number of amides is 3. The Morgan fingerprint density at radius 1 is 1.29 bits per heavy atom. The summed E-state index contributed by atoms with van der Waals surface area (Å²) >= 11 is 7.13. The highest BCUT2D eigenvalue weighted by Crippen LogP contribution is 2.19. The van der Waals surface area contributed by atoms with Gasteiger partial charge in [-0.05, 0) is 30.5 Å². The standard InChI is InChI=1S/C19H21ClN4O3S/c20-14-4-1-12(2-5-14)7-8-21-17(26)9-15-11-28-19(23-15)24-18(27)13-3-6-16(25)22-10-13/h1-2,4-5,11,13H,3,6-10H2,(H,21,26)(H,22,25)(H,23,24,27). The van der Waals surface area contributed by atoms with Gasteiger partial charge in [0.25, 0.3) is 0 Å². The Balaban J connectivity index is 1.41. The lowest BCUT2D eigenvalue weighted by Crippen LogP contribution is -2.40. The maximum atomic E-state index is 12.2. The lowest BCUT2D eigenvalue weighted by atomic mass is 9.98. The normalized spacial score (nSPS) is 16.3. The summed E-state index contributed by atoms with van der Waals surface area (Å²) < 4.78 is 0. The molecule has 1 unspecified atom stereocenters. The maximum Gasteiger partial charge on any atom is 0.231 e. The first kappa shape index (κ1) is 20.3. The third-order valence-electron chi connectivity index (χ3n) is 4.41. The van der Waals surface area contributed by atoms with Gasteiger partial charge < -0.3 is 16.0 Å². The Kier molecular flexibility index (Phi) is 7.00. The van der Waals surface area contributed by atoms with E-state index in [2.05, 4.69) is 20.9 Å². The van der Waals surface area contributed by atoms with E-state index in [1.54, 1.807) is 5.38 Å². The van der Waals surface area contributed by atoms with Crippen molar-refractivity contribution in [2.75, 3.05) is 18.4 Å². The van der Waals surface area contributed by atoms with Crippen molar-refractivity contribution in [2.45, 2.75) is 25.7 Å². The van der Waals surface area contributed by atoms with E-state index in [1.165, 1.54) is 11.3 Å². The number of halogens is 1. The molecule has 1 aromatic carbocycles. The highest BCUT2D eigenvalue weighted by atomic mass is 35.5. The quantitative estimate of drug-likeness (QED) is 0.639. The minimum Gasteiger partial charge on any atom is -0.355 e. The summed E-state index contributed by atoms with van der Waals surface area (Å²) in [5.74, 6) is -0.552. The van der Waals surface area contributed by atoms with Gasteiger partial charge in [-0.15, -0.1) is 11.3 Å². The topological polar surface area (TPSA) is 100 Å². The fourth-order valence-electron chi connectivity index (χ4n) is 2.83. The Bertz CT molecular complexity index is 843. The largest absolute Gasteiger partial charge is 0.355 e. The third kappa shape index (κ3) is 6.03. The van der Waals surface area contributed by atoms with Crippen LogP contribution in [0.15, 0.2) is 29.6 Å². The molecule has 1 aromatic heterocycles. The smallest absolute Gasteiger partial charge is 0.231 e. The second kappa shape index (κ2) is 9.66. The molecule has 7 nitrogen and oxygen atoms in total. The number of carbonyl (C=O) groups is 3. The molecule has 0 spiro atoms. The zero-order valence-electron chi connectivity index (χ0n) is 15.2. The molecule has 0 aliphatic carbocycles. The molecule has 3 rings (SSSR count). The number of piperidine rings is 1. The highest BCUT2D eigenvalue weighted by molar-refractivity contribution is 7.13. The van der Waals surface area contributed by atoms with Crippen LogP contribution in [0.1, 0.15) is 24.1 Å². The van der Waals surface area contributed by atoms with Crippen LogP contribution >= 0.6 is 22.9 Å². The van der Waals surface area contributed by atoms with Gasteiger partial charge in [-0.3, -0.25) is 14.4 Å². The van der Waals surface area contributed by atoms with E-state index < -0.39 is 0 Å². The number of hydrogen-bond acceptors (Lipinski definition) is 5. The number of rotatable bonds is 7. The minimum absolute atomic E-state index is 0.0253. The molecule has 0 radical (unpaired) electrons. The summed E-state index contributed by atoms with van der Waals surface area (Å²) in [6.45, 7) is 0.876. The fraction of sp³-hybridized carbons (Fsp3) is 0.368. The number of benzene rings is 1. The van der Waals surface area contributed by atoms with Crippen LogP contribution in [0.25, 0.3) is 0 Å². The maximum absolute atomic E-state index is 12.2. The zero-order chi connectivity index (χ0) is 19.9. The van der Waals surface area contributed by atoms with Crippen molar-refractivity contribution in [3.05, 3.63) is 45.9 Å². The predicted molar refractivity (Wildman–Crippen MR) is 108 cm³/mol. The number of hydrogen-bond donors (Lipinski definition) is 3. The molecule has 3 N–H and O–H groups in total. The van der Waals surface area contributed by atoms with Gasteiger partial charge in [0.15, 0.2) is 5.13 Å². The van der Waals surface area contributed by atoms with Crippen molar-refractivity contribution in [3.63, 3.8) is 0 Å². The van der Waals surface area contributed by atoms with Gasteiger partial charge in [-0.25, -0.2) is 4.98 Å². The fourth-order valence-corrected chi connectivity index (χ4v) is 3.67. The molecule has 1 aliphatic rings. The van der Waals surface area contributed by atoms with Crippen LogP contribution in [0.5, 0.6) is 0 Å². The number of aromatic nitrogens is 1. The third-order valence-corrected chi connectivity index (χ3v) is 5.47. The van der Waals surface area contributed by atoms with Crippen LogP contribution in [0, 0.1) is 5.92 Å². The van der Waals surface area contributed by atoms with E-state index in [0.717, 1.165) is 12.0 Å². The van der Waals surface area contributed by atoms with E-state index >= 15 is 0 Å². The number of nitrogens with zero attached hydrogens (tertiary/aromatic N) is 1. The van der Waals surface area contributed by atoms with Crippen molar-refractivity contribution in [3.8, 4) is 0 Å². The molecule has 9 heteroatoms. The summed E-state index contributed by atoms with van der Waals surface area (Å²) in [7, 11) is 0. The van der Waals surface area contributed by atoms with Crippen molar-refractivity contribution in [2.24, 2.45) is 5.92 Å². The van der Waals surface area contributed by atoms with Gasteiger partial charge in [0.05, 0.1) is 18.0 Å². The Labute approximate surface area is 171 Å². The molecule has 1 fully saturated rings. The number of anilines is 1. The van der Waals surface area contributed by atoms with Crippen LogP contribution in [0.3, 0.4) is 0 Å². The van der Waals surface area contributed by atoms with Gasteiger partial charge in [0.1, 0.15) is 0 Å². The molecule has 0 saturated carbocycles. The molecule has 1 aliphatic heterocycles. The van der Waals surface area contributed by atoms with Crippen molar-refractivity contribution in [1.29, 1.82) is 0 Å². The highest BCUT2D eigenvalue weighted by Gasteiger charge is 2.25. The molecular weight excluding hydrogens is 400 g/mol. The second-order valence-corrected chi connectivity index (χ2v) is 7.87. The van der Waals surface area contributed by atoms with Crippen LogP contribution in [0.4, 0.5) is 5.13 Å². The lowest BCUT2D eigenvalue weighted by Gasteiger charge is -2.20. The lowest BCUT2D eigenvalue weighted by molar-refractivity contribution is -0.126. The first-order chi connectivity index (χ1) is 13.5. The van der Waals surface area contributed by atoms with E-state index in [1.807, 2.05) is 24.3 Å². The Hall–Kier alpha value is -2.45. The van der Waals surface area contributed by atoms with Gasteiger partial charge in [0.2, 0.25) is 17.7 Å². The molecule has 1 saturated heterocycles. The van der Waals surface area contributed by atoms with Gasteiger partial charge >= 0.3 is 0 Å². The van der Waals surface area contributed by atoms with Gasteiger partial charge in [-0.1, -0.05) is 23.7 Å². The van der Waals surface area contributed by atoms with Crippen LogP contribution < -0.4 is 16.0 Å².